The largest absolute Gasteiger partial charge is 0.354 e. The molecule has 3 N–H and O–H groups in total. The van der Waals surface area contributed by atoms with Crippen LogP contribution in [-0.2, 0) is 4.79 Å². The third-order valence-electron chi connectivity index (χ3n) is 2.59. The monoisotopic (exact) mass is 170 g/mol. The van der Waals surface area contributed by atoms with Crippen molar-refractivity contribution in [1.29, 1.82) is 0 Å². The van der Waals surface area contributed by atoms with Gasteiger partial charge in [-0.25, -0.2) is 0 Å². The maximum Gasteiger partial charge on any atom is 0.217 e. The third kappa shape index (κ3) is 2.81. The molecule has 1 fully saturated rings. The molecule has 12 heavy (non-hydrogen) atoms. The lowest BCUT2D eigenvalue weighted by Crippen LogP contribution is -2.37. The van der Waals surface area contributed by atoms with Gasteiger partial charge in [-0.05, 0) is 38.1 Å². The molecule has 1 aliphatic carbocycles. The number of nitrogens with two attached hydrogens (primary N) is 1. The Morgan fingerprint density at radius 1 is 1.42 bits per heavy atom. The molecule has 3 nitrogen and oxygen atoms in total. The van der Waals surface area contributed by atoms with Crippen molar-refractivity contribution < 1.29 is 4.79 Å². The van der Waals surface area contributed by atoms with Gasteiger partial charge in [0.25, 0.3) is 0 Å². The number of rotatable bonds is 2. The molecule has 0 atom stereocenters. The second-order valence-corrected chi connectivity index (χ2v) is 3.65. The van der Waals surface area contributed by atoms with Crippen molar-refractivity contribution in [1.82, 2.24) is 5.32 Å². The van der Waals surface area contributed by atoms with Crippen LogP contribution in [0.4, 0.5) is 0 Å². The molecule has 0 aliphatic heterocycles. The van der Waals surface area contributed by atoms with E-state index in [4.69, 9.17) is 5.73 Å². The lowest BCUT2D eigenvalue weighted by atomic mass is 9.86. The molecule has 1 aliphatic rings. The van der Waals surface area contributed by atoms with Gasteiger partial charge in [0.05, 0.1) is 0 Å². The van der Waals surface area contributed by atoms with Gasteiger partial charge in [0.15, 0.2) is 0 Å². The van der Waals surface area contributed by atoms with E-state index in [0.29, 0.717) is 12.0 Å². The van der Waals surface area contributed by atoms with Crippen LogP contribution in [0.5, 0.6) is 0 Å². The van der Waals surface area contributed by atoms with E-state index in [2.05, 4.69) is 5.32 Å². The predicted octanol–water partition coefficient (Wildman–Crippen LogP) is 0.640. The Kier molecular flexibility index (Phi) is 3.53. The van der Waals surface area contributed by atoms with Gasteiger partial charge in [-0.2, -0.15) is 0 Å². The molecule has 1 rings (SSSR count). The minimum atomic E-state index is 0.0891. The van der Waals surface area contributed by atoms with Crippen molar-refractivity contribution >= 4 is 5.91 Å². The topological polar surface area (TPSA) is 55.1 Å². The molecular formula is C9H18N2O. The zero-order valence-corrected chi connectivity index (χ0v) is 7.68. The fourth-order valence-electron chi connectivity index (χ4n) is 1.83. The summed E-state index contributed by atoms with van der Waals surface area (Å²) in [4.78, 5) is 10.7. The van der Waals surface area contributed by atoms with E-state index >= 15 is 0 Å². The molecule has 0 heterocycles. The van der Waals surface area contributed by atoms with E-state index in [1.807, 2.05) is 0 Å². The van der Waals surface area contributed by atoms with Crippen LogP contribution < -0.4 is 11.1 Å². The molecule has 0 aromatic heterocycles. The highest BCUT2D eigenvalue weighted by Crippen LogP contribution is 2.22. The Morgan fingerprint density at radius 2 is 2.00 bits per heavy atom. The SMILES string of the molecule is CC(=O)NC1CCC(CN)CC1. The quantitative estimate of drug-likeness (QED) is 0.639. The molecule has 0 bridgehead atoms. The van der Waals surface area contributed by atoms with Crippen LogP contribution in [-0.4, -0.2) is 18.5 Å². The van der Waals surface area contributed by atoms with Crippen LogP contribution in [0, 0.1) is 5.92 Å². The van der Waals surface area contributed by atoms with Gasteiger partial charge >= 0.3 is 0 Å². The molecule has 1 amide bonds. The smallest absolute Gasteiger partial charge is 0.217 e. The molecule has 70 valence electrons. The summed E-state index contributed by atoms with van der Waals surface area (Å²) in [5, 5.41) is 2.95. The highest BCUT2D eigenvalue weighted by atomic mass is 16.1. The average Bonchev–Trinajstić information content (AvgIpc) is 2.05. The molecule has 0 aromatic rings. The van der Waals surface area contributed by atoms with Gasteiger partial charge in [0.1, 0.15) is 0 Å². The Hall–Kier alpha value is -0.570. The van der Waals surface area contributed by atoms with Gasteiger partial charge in [-0.15, -0.1) is 0 Å². The number of carbonyl (C=O) groups excluding carboxylic acids is 1. The predicted molar refractivity (Wildman–Crippen MR) is 48.6 cm³/mol. The zero-order valence-electron chi connectivity index (χ0n) is 7.68. The standard InChI is InChI=1S/C9H18N2O/c1-7(12)11-9-4-2-8(6-10)3-5-9/h8-9H,2-6,10H2,1H3,(H,11,12). The minimum Gasteiger partial charge on any atom is -0.354 e. The Bertz CT molecular complexity index is 151. The van der Waals surface area contributed by atoms with Crippen molar-refractivity contribution in [2.45, 2.75) is 38.6 Å². The average molecular weight is 170 g/mol. The first-order chi connectivity index (χ1) is 5.72. The van der Waals surface area contributed by atoms with Crippen molar-refractivity contribution in [3.63, 3.8) is 0 Å². The van der Waals surface area contributed by atoms with E-state index in [0.717, 1.165) is 19.4 Å². The summed E-state index contributed by atoms with van der Waals surface area (Å²) in [6, 6.07) is 0.408. The minimum absolute atomic E-state index is 0.0891. The summed E-state index contributed by atoms with van der Waals surface area (Å²) in [5.74, 6) is 0.779. The van der Waals surface area contributed by atoms with Gasteiger partial charge in [-0.1, -0.05) is 0 Å². The number of nitrogens with one attached hydrogen (secondary N) is 1. The van der Waals surface area contributed by atoms with Crippen LogP contribution in [0.1, 0.15) is 32.6 Å². The first-order valence-electron chi connectivity index (χ1n) is 4.69. The van der Waals surface area contributed by atoms with E-state index in [9.17, 15) is 4.79 Å². The van der Waals surface area contributed by atoms with E-state index in [-0.39, 0.29) is 5.91 Å². The Morgan fingerprint density at radius 3 is 2.42 bits per heavy atom. The van der Waals surface area contributed by atoms with Gasteiger partial charge in [-0.3, -0.25) is 4.79 Å². The van der Waals surface area contributed by atoms with Crippen molar-refractivity contribution in [2.24, 2.45) is 11.7 Å². The van der Waals surface area contributed by atoms with E-state index in [1.54, 1.807) is 6.92 Å². The summed E-state index contributed by atoms with van der Waals surface area (Å²) in [5.41, 5.74) is 5.56. The molecule has 0 saturated heterocycles. The lowest BCUT2D eigenvalue weighted by molar-refractivity contribution is -0.119. The number of hydrogen-bond acceptors (Lipinski definition) is 2. The second-order valence-electron chi connectivity index (χ2n) is 3.65. The molecular weight excluding hydrogens is 152 g/mol. The zero-order chi connectivity index (χ0) is 8.97. The number of hydrogen-bond donors (Lipinski definition) is 2. The fourth-order valence-corrected chi connectivity index (χ4v) is 1.83. The molecule has 0 radical (unpaired) electrons. The lowest BCUT2D eigenvalue weighted by Gasteiger charge is -2.27. The van der Waals surface area contributed by atoms with Gasteiger partial charge in [0, 0.05) is 13.0 Å². The van der Waals surface area contributed by atoms with Crippen LogP contribution in [0.15, 0.2) is 0 Å². The molecule has 1 saturated carbocycles. The van der Waals surface area contributed by atoms with Crippen LogP contribution in [0.3, 0.4) is 0 Å². The molecule has 0 spiro atoms. The summed E-state index contributed by atoms with van der Waals surface area (Å²) in [7, 11) is 0. The van der Waals surface area contributed by atoms with Gasteiger partial charge < -0.3 is 11.1 Å². The fraction of sp³-hybridized carbons (Fsp3) is 0.889. The van der Waals surface area contributed by atoms with Crippen LogP contribution >= 0.6 is 0 Å². The molecule has 0 unspecified atom stereocenters. The first kappa shape index (κ1) is 9.52. The summed E-state index contributed by atoms with van der Waals surface area (Å²) < 4.78 is 0. The second kappa shape index (κ2) is 4.45. The molecule has 0 aromatic carbocycles. The Labute approximate surface area is 73.7 Å². The van der Waals surface area contributed by atoms with Gasteiger partial charge in [0.2, 0.25) is 5.91 Å². The third-order valence-corrected chi connectivity index (χ3v) is 2.59. The van der Waals surface area contributed by atoms with E-state index < -0.39 is 0 Å². The Balaban J connectivity index is 2.21. The normalized spacial score (nSPS) is 29.8. The number of carbonyl (C=O) groups is 1. The maximum atomic E-state index is 10.7. The van der Waals surface area contributed by atoms with Crippen LogP contribution in [0.25, 0.3) is 0 Å². The first-order valence-corrected chi connectivity index (χ1v) is 4.69. The molecule has 3 heteroatoms. The maximum absolute atomic E-state index is 10.7. The number of amides is 1. The van der Waals surface area contributed by atoms with Crippen molar-refractivity contribution in [3.05, 3.63) is 0 Å². The van der Waals surface area contributed by atoms with Crippen LogP contribution in [0.2, 0.25) is 0 Å². The summed E-state index contributed by atoms with van der Waals surface area (Å²) in [6.07, 6.45) is 4.53. The van der Waals surface area contributed by atoms with Crippen molar-refractivity contribution in [3.8, 4) is 0 Å². The summed E-state index contributed by atoms with van der Waals surface area (Å²) in [6.45, 7) is 2.38. The van der Waals surface area contributed by atoms with E-state index in [1.165, 1.54) is 12.8 Å². The highest BCUT2D eigenvalue weighted by molar-refractivity contribution is 5.73. The summed E-state index contributed by atoms with van der Waals surface area (Å²) >= 11 is 0. The highest BCUT2D eigenvalue weighted by Gasteiger charge is 2.20. The van der Waals surface area contributed by atoms with Crippen molar-refractivity contribution in [2.75, 3.05) is 6.54 Å².